The van der Waals surface area contributed by atoms with Crippen molar-refractivity contribution in [3.63, 3.8) is 0 Å². The van der Waals surface area contributed by atoms with Crippen LogP contribution in [0.3, 0.4) is 0 Å². The molecule has 2 aromatic carbocycles. The van der Waals surface area contributed by atoms with Crippen molar-refractivity contribution >= 4 is 11.7 Å². The van der Waals surface area contributed by atoms with E-state index >= 15 is 0 Å². The summed E-state index contributed by atoms with van der Waals surface area (Å²) in [6, 6.07) is 9.89. The van der Waals surface area contributed by atoms with Gasteiger partial charge in [0.1, 0.15) is 11.6 Å². The summed E-state index contributed by atoms with van der Waals surface area (Å²) in [5, 5.41) is 8.77. The van der Waals surface area contributed by atoms with Gasteiger partial charge in [0.25, 0.3) is 0 Å². The third-order valence-electron chi connectivity index (χ3n) is 2.97. The van der Waals surface area contributed by atoms with E-state index in [1.165, 1.54) is 18.2 Å². The van der Waals surface area contributed by atoms with E-state index < -0.39 is 17.6 Å². The molecule has 0 unspecified atom stereocenters. The lowest BCUT2D eigenvalue weighted by Crippen LogP contribution is -2.18. The molecule has 0 aliphatic heterocycles. The van der Waals surface area contributed by atoms with Gasteiger partial charge in [-0.3, -0.25) is 0 Å². The van der Waals surface area contributed by atoms with Gasteiger partial charge < -0.3 is 10.0 Å². The number of hydrogen-bond donors (Lipinski definition) is 1. The smallest absolute Gasteiger partial charge is 0.335 e. The molecule has 0 aliphatic rings. The van der Waals surface area contributed by atoms with Gasteiger partial charge in [-0.25, -0.2) is 13.6 Å². The predicted molar refractivity (Wildman–Crippen MR) is 71.9 cm³/mol. The van der Waals surface area contributed by atoms with Gasteiger partial charge in [0.05, 0.1) is 11.3 Å². The first-order chi connectivity index (χ1) is 9.49. The number of rotatable bonds is 4. The maximum atomic E-state index is 13.8. The Bertz CT molecular complexity index is 644. The van der Waals surface area contributed by atoms with E-state index in [0.717, 1.165) is 6.07 Å². The summed E-state index contributed by atoms with van der Waals surface area (Å²) in [4.78, 5) is 12.3. The standard InChI is InChI=1S/C15H13F2NO2/c1-18(14-5-3-2-4-12(14)16)9-11-7-6-10(15(19)20)8-13(11)17/h2-8H,9H2,1H3,(H,19,20). The molecule has 2 aromatic rings. The van der Waals surface area contributed by atoms with Crippen LogP contribution in [0.2, 0.25) is 0 Å². The fraction of sp³-hybridized carbons (Fsp3) is 0.133. The molecule has 0 aromatic heterocycles. The van der Waals surface area contributed by atoms with Crippen LogP contribution >= 0.6 is 0 Å². The number of aromatic carboxylic acids is 1. The summed E-state index contributed by atoms with van der Waals surface area (Å²) in [7, 11) is 1.64. The van der Waals surface area contributed by atoms with Gasteiger partial charge in [0, 0.05) is 19.2 Å². The number of carboxylic acids is 1. The van der Waals surface area contributed by atoms with Crippen molar-refractivity contribution in [2.45, 2.75) is 6.54 Å². The molecule has 3 nitrogen and oxygen atoms in total. The maximum Gasteiger partial charge on any atom is 0.335 e. The number of hydrogen-bond acceptors (Lipinski definition) is 2. The molecule has 0 bridgehead atoms. The highest BCUT2D eigenvalue weighted by Gasteiger charge is 2.12. The number of carbonyl (C=O) groups is 1. The summed E-state index contributed by atoms with van der Waals surface area (Å²) in [5.74, 6) is -2.19. The summed E-state index contributed by atoms with van der Waals surface area (Å²) in [6.45, 7) is 0.146. The van der Waals surface area contributed by atoms with Crippen LogP contribution in [-0.2, 0) is 6.54 Å². The maximum absolute atomic E-state index is 13.8. The second-order valence-electron chi connectivity index (χ2n) is 4.42. The SMILES string of the molecule is CN(Cc1ccc(C(=O)O)cc1F)c1ccccc1F. The van der Waals surface area contributed by atoms with E-state index in [2.05, 4.69) is 0 Å². The summed E-state index contributed by atoms with van der Waals surface area (Å²) >= 11 is 0. The van der Waals surface area contributed by atoms with Crippen LogP contribution < -0.4 is 4.90 Å². The third-order valence-corrected chi connectivity index (χ3v) is 2.97. The highest BCUT2D eigenvalue weighted by atomic mass is 19.1. The molecule has 0 amide bonds. The van der Waals surface area contributed by atoms with E-state index in [0.29, 0.717) is 11.3 Å². The van der Waals surface area contributed by atoms with E-state index in [1.807, 2.05) is 0 Å². The minimum atomic E-state index is -1.18. The lowest BCUT2D eigenvalue weighted by Gasteiger charge is -2.20. The second-order valence-corrected chi connectivity index (χ2v) is 4.42. The highest BCUT2D eigenvalue weighted by molar-refractivity contribution is 5.87. The lowest BCUT2D eigenvalue weighted by atomic mass is 10.1. The minimum absolute atomic E-state index is 0.111. The zero-order chi connectivity index (χ0) is 14.7. The molecule has 2 rings (SSSR count). The Morgan fingerprint density at radius 3 is 2.45 bits per heavy atom. The average Bonchev–Trinajstić information content (AvgIpc) is 2.41. The third kappa shape index (κ3) is 2.93. The van der Waals surface area contributed by atoms with Crippen LogP contribution in [0, 0.1) is 11.6 Å². The molecule has 0 saturated heterocycles. The second kappa shape index (κ2) is 5.69. The van der Waals surface area contributed by atoms with Crippen molar-refractivity contribution in [3.8, 4) is 0 Å². The fourth-order valence-corrected chi connectivity index (χ4v) is 1.91. The normalized spacial score (nSPS) is 10.3. The Balaban J connectivity index is 2.22. The van der Waals surface area contributed by atoms with Crippen molar-refractivity contribution in [3.05, 3.63) is 65.2 Å². The number of anilines is 1. The quantitative estimate of drug-likeness (QED) is 0.932. The largest absolute Gasteiger partial charge is 0.478 e. The van der Waals surface area contributed by atoms with Gasteiger partial charge in [-0.2, -0.15) is 0 Å². The number of carboxylic acid groups (broad SMARTS) is 1. The van der Waals surface area contributed by atoms with Crippen LogP contribution in [0.1, 0.15) is 15.9 Å². The predicted octanol–water partition coefficient (Wildman–Crippen LogP) is 3.30. The Morgan fingerprint density at radius 2 is 1.85 bits per heavy atom. The van der Waals surface area contributed by atoms with Crippen LogP contribution in [0.25, 0.3) is 0 Å². The fourth-order valence-electron chi connectivity index (χ4n) is 1.91. The zero-order valence-electron chi connectivity index (χ0n) is 10.8. The topological polar surface area (TPSA) is 40.5 Å². The molecule has 1 N–H and O–H groups in total. The molecule has 0 aliphatic carbocycles. The van der Waals surface area contributed by atoms with E-state index in [4.69, 9.17) is 5.11 Å². The van der Waals surface area contributed by atoms with Gasteiger partial charge >= 0.3 is 5.97 Å². The van der Waals surface area contributed by atoms with Gasteiger partial charge in [0.15, 0.2) is 0 Å². The summed E-state index contributed by atoms with van der Waals surface area (Å²) < 4.78 is 27.4. The van der Waals surface area contributed by atoms with Gasteiger partial charge in [-0.05, 0) is 24.3 Å². The van der Waals surface area contributed by atoms with Crippen molar-refractivity contribution in [2.75, 3.05) is 11.9 Å². The lowest BCUT2D eigenvalue weighted by molar-refractivity contribution is 0.0696. The Hall–Kier alpha value is -2.43. The Morgan fingerprint density at radius 1 is 1.15 bits per heavy atom. The first kappa shape index (κ1) is 14.0. The van der Waals surface area contributed by atoms with Crippen molar-refractivity contribution < 1.29 is 18.7 Å². The molecule has 20 heavy (non-hydrogen) atoms. The highest BCUT2D eigenvalue weighted by Crippen LogP contribution is 2.20. The number of nitrogens with zero attached hydrogens (tertiary/aromatic N) is 1. The van der Waals surface area contributed by atoms with Crippen molar-refractivity contribution in [2.24, 2.45) is 0 Å². The van der Waals surface area contributed by atoms with E-state index in [1.54, 1.807) is 30.1 Å². The molecular formula is C15H13F2NO2. The number of halogens is 2. The van der Waals surface area contributed by atoms with Crippen LogP contribution in [0.15, 0.2) is 42.5 Å². The zero-order valence-corrected chi connectivity index (χ0v) is 10.8. The van der Waals surface area contributed by atoms with E-state index in [9.17, 15) is 13.6 Å². The van der Waals surface area contributed by atoms with Crippen LogP contribution in [0.4, 0.5) is 14.5 Å². The Labute approximate surface area is 115 Å². The van der Waals surface area contributed by atoms with Crippen LogP contribution in [-0.4, -0.2) is 18.1 Å². The molecule has 0 fully saturated rings. The number of para-hydroxylation sites is 1. The molecule has 0 spiro atoms. The molecular weight excluding hydrogens is 264 g/mol. The summed E-state index contributed by atoms with van der Waals surface area (Å²) in [5.41, 5.74) is 0.551. The Kier molecular flexibility index (Phi) is 3.98. The molecule has 0 radical (unpaired) electrons. The first-order valence-electron chi connectivity index (χ1n) is 5.96. The van der Waals surface area contributed by atoms with Crippen LogP contribution in [0.5, 0.6) is 0 Å². The minimum Gasteiger partial charge on any atom is -0.478 e. The molecule has 0 heterocycles. The molecule has 104 valence electrons. The molecule has 5 heteroatoms. The van der Waals surface area contributed by atoms with Gasteiger partial charge in [-0.15, -0.1) is 0 Å². The molecule has 0 atom stereocenters. The van der Waals surface area contributed by atoms with E-state index in [-0.39, 0.29) is 12.1 Å². The van der Waals surface area contributed by atoms with Gasteiger partial charge in [-0.1, -0.05) is 18.2 Å². The first-order valence-corrected chi connectivity index (χ1v) is 5.96. The number of benzene rings is 2. The van der Waals surface area contributed by atoms with Crippen molar-refractivity contribution in [1.29, 1.82) is 0 Å². The van der Waals surface area contributed by atoms with Gasteiger partial charge in [0.2, 0.25) is 0 Å². The molecule has 0 saturated carbocycles. The monoisotopic (exact) mass is 277 g/mol. The summed E-state index contributed by atoms with van der Waals surface area (Å²) in [6.07, 6.45) is 0. The average molecular weight is 277 g/mol. The van der Waals surface area contributed by atoms with Crippen molar-refractivity contribution in [1.82, 2.24) is 0 Å².